The highest BCUT2D eigenvalue weighted by atomic mass is 19.4. The Morgan fingerprint density at radius 1 is 0.881 bits per heavy atom. The molecule has 3 amide bonds. The molecule has 3 N–H and O–H groups in total. The molecule has 7 nitrogen and oxygen atoms in total. The van der Waals surface area contributed by atoms with E-state index in [1.54, 1.807) is 11.8 Å². The van der Waals surface area contributed by atoms with E-state index in [4.69, 9.17) is 5.73 Å². The van der Waals surface area contributed by atoms with Crippen molar-refractivity contribution in [1.29, 1.82) is 0 Å². The first-order chi connectivity index (χ1) is 19.4. The normalized spacial score (nSPS) is 22.4. The number of amides is 3. The van der Waals surface area contributed by atoms with Gasteiger partial charge in [-0.1, -0.05) is 43.3 Å². The number of piperidine rings is 1. The van der Waals surface area contributed by atoms with Crippen molar-refractivity contribution in [3.05, 3.63) is 71.0 Å². The molecule has 2 aliphatic heterocycles. The molecule has 0 aliphatic carbocycles. The molecule has 2 atom stereocenters. The van der Waals surface area contributed by atoms with Gasteiger partial charge in [0.25, 0.3) is 5.60 Å². The highest BCUT2D eigenvalue weighted by molar-refractivity contribution is 6.34. The molecular formula is C28H28F7N3O4. The van der Waals surface area contributed by atoms with E-state index in [-0.39, 0.29) is 44.9 Å². The predicted octanol–water partition coefficient (Wildman–Crippen LogP) is 3.75. The van der Waals surface area contributed by atoms with Gasteiger partial charge in [-0.25, -0.2) is 4.39 Å². The summed E-state index contributed by atoms with van der Waals surface area (Å²) >= 11 is 0. The summed E-state index contributed by atoms with van der Waals surface area (Å²) in [4.78, 5) is 39.4. The van der Waals surface area contributed by atoms with E-state index >= 15 is 0 Å². The Bertz CT molecular complexity index is 1320. The molecule has 228 valence electrons. The maximum atomic E-state index is 13.7. The standard InChI is InChI=1S/C28H28F7N3O4/c1-25(18-6-8-20(29)9-7-18)15-38(23(40)17-10-12-37(13-11-17)24(41)22(36)39)14-21(25)16-2-4-19(5-3-16)26(42,27(30,31)32)28(33,34)35/h2-9,17,21,42H,10-15H2,1H3,(H2,36,39)/t21-,25+/m0/s1. The quantitative estimate of drug-likeness (QED) is 0.411. The summed E-state index contributed by atoms with van der Waals surface area (Å²) in [6.45, 7) is 2.19. The van der Waals surface area contributed by atoms with Gasteiger partial charge in [-0.15, -0.1) is 0 Å². The number of nitrogens with two attached hydrogens (primary N) is 1. The van der Waals surface area contributed by atoms with Crippen molar-refractivity contribution in [1.82, 2.24) is 9.80 Å². The van der Waals surface area contributed by atoms with Crippen LogP contribution in [0.1, 0.15) is 42.4 Å². The number of alkyl halides is 6. The summed E-state index contributed by atoms with van der Waals surface area (Å²) in [6.07, 6.45) is -11.6. The number of likely N-dealkylation sites (tertiary alicyclic amines) is 2. The zero-order valence-electron chi connectivity index (χ0n) is 22.3. The summed E-state index contributed by atoms with van der Waals surface area (Å²) in [6, 6.07) is 8.69. The van der Waals surface area contributed by atoms with Gasteiger partial charge in [0, 0.05) is 49.0 Å². The molecule has 0 radical (unpaired) electrons. The first-order valence-corrected chi connectivity index (χ1v) is 13.0. The van der Waals surface area contributed by atoms with Crippen LogP contribution in [0, 0.1) is 11.7 Å². The van der Waals surface area contributed by atoms with E-state index in [1.165, 1.54) is 29.2 Å². The van der Waals surface area contributed by atoms with Crippen LogP contribution in [-0.4, -0.2) is 71.2 Å². The first-order valence-electron chi connectivity index (χ1n) is 13.0. The van der Waals surface area contributed by atoms with Gasteiger partial charge in [0.1, 0.15) is 5.82 Å². The van der Waals surface area contributed by atoms with Crippen LogP contribution in [0.25, 0.3) is 0 Å². The molecule has 0 aromatic heterocycles. The number of carbonyl (C=O) groups is 3. The summed E-state index contributed by atoms with van der Waals surface area (Å²) in [5.41, 5.74) is -1.45. The molecule has 0 bridgehead atoms. The van der Waals surface area contributed by atoms with Crippen LogP contribution in [0.15, 0.2) is 48.5 Å². The van der Waals surface area contributed by atoms with Crippen molar-refractivity contribution < 1.29 is 50.2 Å². The molecule has 0 spiro atoms. The maximum absolute atomic E-state index is 13.7. The topological polar surface area (TPSA) is 104 Å². The fourth-order valence-corrected chi connectivity index (χ4v) is 5.95. The van der Waals surface area contributed by atoms with Crippen LogP contribution in [0.5, 0.6) is 0 Å². The lowest BCUT2D eigenvalue weighted by Crippen LogP contribution is -2.53. The van der Waals surface area contributed by atoms with Crippen LogP contribution < -0.4 is 5.73 Å². The van der Waals surface area contributed by atoms with Gasteiger partial charge in [0.2, 0.25) is 5.91 Å². The lowest BCUT2D eigenvalue weighted by molar-refractivity contribution is -0.376. The lowest BCUT2D eigenvalue weighted by atomic mass is 9.71. The van der Waals surface area contributed by atoms with E-state index in [1.807, 2.05) is 0 Å². The molecule has 0 unspecified atom stereocenters. The number of hydrogen-bond acceptors (Lipinski definition) is 4. The highest BCUT2D eigenvalue weighted by Gasteiger charge is 2.71. The number of primary amides is 1. The van der Waals surface area contributed by atoms with Gasteiger partial charge in [0.15, 0.2) is 0 Å². The Morgan fingerprint density at radius 2 is 1.40 bits per heavy atom. The summed E-state index contributed by atoms with van der Waals surface area (Å²) < 4.78 is 94.1. The van der Waals surface area contributed by atoms with Crippen molar-refractivity contribution in [2.24, 2.45) is 11.7 Å². The first kappa shape index (κ1) is 31.3. The zero-order chi connectivity index (χ0) is 31.3. The second-order valence-corrected chi connectivity index (χ2v) is 11.0. The monoisotopic (exact) mass is 603 g/mol. The third-order valence-corrected chi connectivity index (χ3v) is 8.40. The van der Waals surface area contributed by atoms with Gasteiger partial charge in [-0.2, -0.15) is 26.3 Å². The molecule has 2 fully saturated rings. The van der Waals surface area contributed by atoms with E-state index in [9.17, 15) is 50.2 Å². The molecule has 2 heterocycles. The third-order valence-electron chi connectivity index (χ3n) is 8.40. The summed E-state index contributed by atoms with van der Waals surface area (Å²) in [5, 5.41) is 9.77. The Labute approximate surface area is 236 Å². The molecule has 0 saturated carbocycles. The van der Waals surface area contributed by atoms with Crippen molar-refractivity contribution in [3.63, 3.8) is 0 Å². The molecule has 2 aromatic rings. The molecule has 42 heavy (non-hydrogen) atoms. The molecular weight excluding hydrogens is 575 g/mol. The summed E-state index contributed by atoms with van der Waals surface area (Å²) in [7, 11) is 0. The molecule has 2 aromatic carbocycles. The Balaban J connectivity index is 1.64. The van der Waals surface area contributed by atoms with Gasteiger partial charge < -0.3 is 20.6 Å². The molecule has 2 saturated heterocycles. The lowest BCUT2D eigenvalue weighted by Gasteiger charge is -2.34. The Kier molecular flexibility index (Phi) is 8.09. The SMILES string of the molecule is C[C@]1(c2ccc(F)cc2)CN(C(=O)C2CCN(C(=O)C(N)=O)CC2)C[C@H]1c1ccc(C(O)(C(F)(F)F)C(F)(F)F)cc1. The minimum Gasteiger partial charge on any atom is -0.369 e. The second kappa shape index (κ2) is 10.9. The average molecular weight is 604 g/mol. The van der Waals surface area contributed by atoms with Gasteiger partial charge >= 0.3 is 24.2 Å². The second-order valence-electron chi connectivity index (χ2n) is 11.0. The largest absolute Gasteiger partial charge is 0.430 e. The predicted molar refractivity (Wildman–Crippen MR) is 134 cm³/mol. The van der Waals surface area contributed by atoms with E-state index in [0.717, 1.165) is 12.1 Å². The molecule has 4 rings (SSSR count). The highest BCUT2D eigenvalue weighted by Crippen LogP contribution is 2.51. The minimum atomic E-state index is -6.04. The van der Waals surface area contributed by atoms with Gasteiger partial charge in [-0.05, 0) is 36.1 Å². The van der Waals surface area contributed by atoms with Crippen molar-refractivity contribution in [3.8, 4) is 0 Å². The Morgan fingerprint density at radius 3 is 1.88 bits per heavy atom. The molecule has 2 aliphatic rings. The number of aliphatic hydroxyl groups is 1. The van der Waals surface area contributed by atoms with Crippen LogP contribution in [0.3, 0.4) is 0 Å². The van der Waals surface area contributed by atoms with Gasteiger partial charge in [-0.3, -0.25) is 14.4 Å². The number of nitrogens with zero attached hydrogens (tertiary/aromatic N) is 2. The van der Waals surface area contributed by atoms with Crippen molar-refractivity contribution in [2.75, 3.05) is 26.2 Å². The Hall–Kier alpha value is -3.68. The van der Waals surface area contributed by atoms with Crippen LogP contribution in [-0.2, 0) is 25.4 Å². The van der Waals surface area contributed by atoms with E-state index < -0.39 is 58.4 Å². The van der Waals surface area contributed by atoms with Crippen LogP contribution in [0.4, 0.5) is 30.7 Å². The number of carbonyl (C=O) groups excluding carboxylic acids is 3. The number of halogens is 7. The van der Waals surface area contributed by atoms with Crippen molar-refractivity contribution in [2.45, 2.75) is 49.1 Å². The fourth-order valence-electron chi connectivity index (χ4n) is 5.95. The van der Waals surface area contributed by atoms with E-state index in [2.05, 4.69) is 0 Å². The number of benzene rings is 2. The number of rotatable bonds is 4. The fraction of sp³-hybridized carbons (Fsp3) is 0.464. The smallest absolute Gasteiger partial charge is 0.369 e. The van der Waals surface area contributed by atoms with Crippen LogP contribution >= 0.6 is 0 Å². The maximum Gasteiger partial charge on any atom is 0.430 e. The van der Waals surface area contributed by atoms with Crippen molar-refractivity contribution >= 4 is 17.7 Å². The zero-order valence-corrected chi connectivity index (χ0v) is 22.3. The number of hydrogen-bond donors (Lipinski definition) is 2. The van der Waals surface area contributed by atoms with E-state index in [0.29, 0.717) is 23.3 Å². The summed E-state index contributed by atoms with van der Waals surface area (Å²) in [5.74, 6) is -3.87. The van der Waals surface area contributed by atoms with Crippen LogP contribution in [0.2, 0.25) is 0 Å². The third kappa shape index (κ3) is 5.43. The van der Waals surface area contributed by atoms with Gasteiger partial charge in [0.05, 0.1) is 0 Å². The minimum absolute atomic E-state index is 0.0509. The average Bonchev–Trinajstić information content (AvgIpc) is 3.29. The molecule has 14 heteroatoms.